The number of likely N-dealkylation sites (tertiary alicyclic amines) is 1. The topological polar surface area (TPSA) is 27.6 Å². The van der Waals surface area contributed by atoms with Gasteiger partial charge in [0.15, 0.2) is 5.96 Å². The number of unbranched alkanes of at least 4 members (excludes halogenated alkanes) is 2. The SMILES string of the molecule is CCCCCNC(=NC)N1CC(C)CC(C)C1.I. The third kappa shape index (κ3) is 6.25. The average molecular weight is 367 g/mol. The van der Waals surface area contributed by atoms with Crippen LogP contribution in [0.2, 0.25) is 0 Å². The molecule has 0 amide bonds. The molecule has 1 aliphatic heterocycles. The van der Waals surface area contributed by atoms with Gasteiger partial charge >= 0.3 is 0 Å². The van der Waals surface area contributed by atoms with Crippen LogP contribution in [0.15, 0.2) is 4.99 Å². The highest BCUT2D eigenvalue weighted by molar-refractivity contribution is 14.0. The second-order valence-electron chi connectivity index (χ2n) is 5.53. The lowest BCUT2D eigenvalue weighted by Gasteiger charge is -2.37. The molecule has 4 heteroatoms. The summed E-state index contributed by atoms with van der Waals surface area (Å²) in [5, 5.41) is 3.49. The van der Waals surface area contributed by atoms with Gasteiger partial charge in [0.25, 0.3) is 0 Å². The third-order valence-corrected chi connectivity index (χ3v) is 3.44. The third-order valence-electron chi connectivity index (χ3n) is 3.44. The first-order valence-electron chi connectivity index (χ1n) is 7.13. The van der Waals surface area contributed by atoms with Crippen LogP contribution in [0.5, 0.6) is 0 Å². The fourth-order valence-corrected chi connectivity index (χ4v) is 2.74. The van der Waals surface area contributed by atoms with Gasteiger partial charge in [-0.2, -0.15) is 0 Å². The van der Waals surface area contributed by atoms with E-state index in [1.165, 1.54) is 25.7 Å². The molecule has 108 valence electrons. The fourth-order valence-electron chi connectivity index (χ4n) is 2.74. The maximum absolute atomic E-state index is 4.41. The molecule has 2 atom stereocenters. The normalized spacial score (nSPS) is 24.7. The Labute approximate surface area is 130 Å². The summed E-state index contributed by atoms with van der Waals surface area (Å²) in [4.78, 5) is 6.83. The Morgan fingerprint density at radius 3 is 2.33 bits per heavy atom. The molecule has 1 N–H and O–H groups in total. The molecule has 3 nitrogen and oxygen atoms in total. The van der Waals surface area contributed by atoms with E-state index in [0.717, 1.165) is 37.4 Å². The van der Waals surface area contributed by atoms with Crippen LogP contribution < -0.4 is 5.32 Å². The van der Waals surface area contributed by atoms with E-state index in [0.29, 0.717) is 0 Å². The standard InChI is InChI=1S/C14H29N3.HI/c1-5-6-7-8-16-14(15-4)17-10-12(2)9-13(3)11-17;/h12-13H,5-11H2,1-4H3,(H,15,16);1H. The van der Waals surface area contributed by atoms with Gasteiger partial charge in [0.05, 0.1) is 0 Å². The summed E-state index contributed by atoms with van der Waals surface area (Å²) in [6.07, 6.45) is 5.17. The van der Waals surface area contributed by atoms with Gasteiger partial charge in [-0.1, -0.05) is 33.6 Å². The number of nitrogens with zero attached hydrogens (tertiary/aromatic N) is 2. The predicted molar refractivity (Wildman–Crippen MR) is 90.8 cm³/mol. The van der Waals surface area contributed by atoms with E-state index >= 15 is 0 Å². The Morgan fingerprint density at radius 2 is 1.83 bits per heavy atom. The molecule has 0 radical (unpaired) electrons. The number of guanidine groups is 1. The Hall–Kier alpha value is 0. The molecule has 1 rings (SSSR count). The highest BCUT2D eigenvalue weighted by Gasteiger charge is 2.23. The Bertz CT molecular complexity index is 233. The first kappa shape index (κ1) is 18.0. The lowest BCUT2D eigenvalue weighted by atomic mass is 9.92. The molecular weight excluding hydrogens is 337 g/mol. The summed E-state index contributed by atoms with van der Waals surface area (Å²) < 4.78 is 0. The maximum atomic E-state index is 4.41. The second-order valence-corrected chi connectivity index (χ2v) is 5.53. The van der Waals surface area contributed by atoms with Gasteiger partial charge in [0, 0.05) is 26.7 Å². The maximum Gasteiger partial charge on any atom is 0.193 e. The highest BCUT2D eigenvalue weighted by Crippen LogP contribution is 2.20. The van der Waals surface area contributed by atoms with E-state index in [1.807, 2.05) is 7.05 Å². The van der Waals surface area contributed by atoms with Gasteiger partial charge in [0.2, 0.25) is 0 Å². The van der Waals surface area contributed by atoms with Crippen molar-refractivity contribution in [3.8, 4) is 0 Å². The van der Waals surface area contributed by atoms with Gasteiger partial charge in [-0.15, -0.1) is 24.0 Å². The van der Waals surface area contributed by atoms with E-state index in [1.54, 1.807) is 0 Å². The number of piperidine rings is 1. The summed E-state index contributed by atoms with van der Waals surface area (Å²) in [5.74, 6) is 2.67. The average Bonchev–Trinajstić information content (AvgIpc) is 2.28. The fraction of sp³-hybridized carbons (Fsp3) is 0.929. The minimum Gasteiger partial charge on any atom is -0.356 e. The molecule has 0 spiro atoms. The molecule has 1 heterocycles. The van der Waals surface area contributed by atoms with Crippen LogP contribution in [0.4, 0.5) is 0 Å². The number of rotatable bonds is 4. The van der Waals surface area contributed by atoms with E-state index in [9.17, 15) is 0 Å². The van der Waals surface area contributed by atoms with Crippen molar-refractivity contribution in [1.29, 1.82) is 0 Å². The number of halogens is 1. The van der Waals surface area contributed by atoms with Crippen molar-refractivity contribution < 1.29 is 0 Å². The van der Waals surface area contributed by atoms with Crippen molar-refractivity contribution in [1.82, 2.24) is 10.2 Å². The summed E-state index contributed by atoms with van der Waals surface area (Å²) in [5.41, 5.74) is 0. The van der Waals surface area contributed by atoms with Crippen molar-refractivity contribution in [2.45, 2.75) is 46.5 Å². The van der Waals surface area contributed by atoms with Crippen molar-refractivity contribution in [2.75, 3.05) is 26.7 Å². The summed E-state index contributed by atoms with van der Waals surface area (Å²) in [7, 11) is 1.89. The molecule has 0 bridgehead atoms. The van der Waals surface area contributed by atoms with Crippen LogP contribution in [0.3, 0.4) is 0 Å². The zero-order chi connectivity index (χ0) is 12.7. The van der Waals surface area contributed by atoms with E-state index < -0.39 is 0 Å². The summed E-state index contributed by atoms with van der Waals surface area (Å²) >= 11 is 0. The molecule has 2 unspecified atom stereocenters. The van der Waals surface area contributed by atoms with Crippen molar-refractivity contribution in [2.24, 2.45) is 16.8 Å². The van der Waals surface area contributed by atoms with Gasteiger partial charge in [-0.25, -0.2) is 0 Å². The Kier molecular flexibility index (Phi) is 9.87. The van der Waals surface area contributed by atoms with Crippen LogP contribution in [0, 0.1) is 11.8 Å². The summed E-state index contributed by atoms with van der Waals surface area (Å²) in [6, 6.07) is 0. The monoisotopic (exact) mass is 367 g/mol. The van der Waals surface area contributed by atoms with Crippen LogP contribution >= 0.6 is 24.0 Å². The molecule has 0 aromatic carbocycles. The van der Waals surface area contributed by atoms with Crippen LogP contribution in [0.1, 0.15) is 46.5 Å². The molecule has 0 saturated carbocycles. The zero-order valence-electron chi connectivity index (χ0n) is 12.4. The largest absolute Gasteiger partial charge is 0.356 e. The quantitative estimate of drug-likeness (QED) is 0.357. The molecular formula is C14H30IN3. The molecule has 1 aliphatic rings. The van der Waals surface area contributed by atoms with E-state index in [2.05, 4.69) is 36.0 Å². The molecule has 1 fully saturated rings. The Morgan fingerprint density at radius 1 is 1.22 bits per heavy atom. The predicted octanol–water partition coefficient (Wildman–Crippen LogP) is 3.35. The number of hydrogen-bond donors (Lipinski definition) is 1. The molecule has 18 heavy (non-hydrogen) atoms. The van der Waals surface area contributed by atoms with Crippen molar-refractivity contribution >= 4 is 29.9 Å². The molecule has 0 aliphatic carbocycles. The first-order chi connectivity index (χ1) is 8.17. The Balaban J connectivity index is 0.00000289. The lowest BCUT2D eigenvalue weighted by Crippen LogP contribution is -2.48. The number of aliphatic imine (C=N–C) groups is 1. The lowest BCUT2D eigenvalue weighted by molar-refractivity contribution is 0.208. The second kappa shape index (κ2) is 9.87. The van der Waals surface area contributed by atoms with Gasteiger partial charge in [-0.3, -0.25) is 4.99 Å². The first-order valence-corrected chi connectivity index (χ1v) is 7.13. The van der Waals surface area contributed by atoms with Gasteiger partial charge in [-0.05, 0) is 24.7 Å². The van der Waals surface area contributed by atoms with Crippen molar-refractivity contribution in [3.63, 3.8) is 0 Å². The van der Waals surface area contributed by atoms with E-state index in [4.69, 9.17) is 0 Å². The number of nitrogens with one attached hydrogen (secondary N) is 1. The van der Waals surface area contributed by atoms with E-state index in [-0.39, 0.29) is 24.0 Å². The van der Waals surface area contributed by atoms with Crippen LogP contribution in [-0.2, 0) is 0 Å². The minimum absolute atomic E-state index is 0. The summed E-state index contributed by atoms with van der Waals surface area (Å²) in [6.45, 7) is 10.3. The smallest absolute Gasteiger partial charge is 0.193 e. The molecule has 1 saturated heterocycles. The van der Waals surface area contributed by atoms with Crippen molar-refractivity contribution in [3.05, 3.63) is 0 Å². The minimum atomic E-state index is 0. The zero-order valence-corrected chi connectivity index (χ0v) is 14.7. The van der Waals surface area contributed by atoms with Gasteiger partial charge < -0.3 is 10.2 Å². The highest BCUT2D eigenvalue weighted by atomic mass is 127. The van der Waals surface area contributed by atoms with Crippen LogP contribution in [-0.4, -0.2) is 37.5 Å². The number of hydrogen-bond acceptors (Lipinski definition) is 1. The van der Waals surface area contributed by atoms with Gasteiger partial charge in [0.1, 0.15) is 0 Å². The molecule has 0 aromatic heterocycles. The molecule has 0 aromatic rings. The van der Waals surface area contributed by atoms with Crippen LogP contribution in [0.25, 0.3) is 0 Å².